The minimum Gasteiger partial charge on any atom is -0.382 e. The van der Waals surface area contributed by atoms with E-state index in [0.29, 0.717) is 31.2 Å². The molecule has 0 aliphatic carbocycles. The number of nitrogens with zero attached hydrogens (tertiary/aromatic N) is 2. The van der Waals surface area contributed by atoms with Crippen LogP contribution in [0, 0.1) is 5.92 Å². The number of primary amides is 1. The molecule has 0 spiro atoms. The minimum atomic E-state index is -0.413. The molecule has 1 heterocycles. The van der Waals surface area contributed by atoms with Gasteiger partial charge in [-0.2, -0.15) is 0 Å². The topological polar surface area (TPSA) is 89.2 Å². The molecule has 1 aromatic carbocycles. The summed E-state index contributed by atoms with van der Waals surface area (Å²) in [6.45, 7) is 7.41. The minimum absolute atomic E-state index is 0.413. The summed E-state index contributed by atoms with van der Waals surface area (Å²) in [5.74, 6) is 1.03. The largest absolute Gasteiger partial charge is 0.382 e. The molecule has 2 rings (SSSR count). The number of hydrogen-bond donors (Lipinski definition) is 2. The third-order valence-electron chi connectivity index (χ3n) is 4.36. The highest BCUT2D eigenvalue weighted by Gasteiger charge is 2.24. The Morgan fingerprint density at radius 2 is 2.12 bits per heavy atom. The van der Waals surface area contributed by atoms with Crippen LogP contribution in [0.15, 0.2) is 29.3 Å². The molecular weight excluding hydrogens is 332 g/mol. The van der Waals surface area contributed by atoms with E-state index in [1.807, 2.05) is 12.1 Å². The lowest BCUT2D eigenvalue weighted by molar-refractivity contribution is 0.0536. The SMILES string of the molecule is CCNC(=NCc1ccc(C(N)=O)cc1)N1CCC(COCCOC)C1. The highest BCUT2D eigenvalue weighted by atomic mass is 16.5. The number of benzene rings is 1. The van der Waals surface area contributed by atoms with Crippen LogP contribution in [0.2, 0.25) is 0 Å². The number of likely N-dealkylation sites (tertiary alicyclic amines) is 1. The molecule has 1 aliphatic rings. The Hall–Kier alpha value is -2.12. The van der Waals surface area contributed by atoms with Crippen LogP contribution in [0.1, 0.15) is 29.3 Å². The highest BCUT2D eigenvalue weighted by Crippen LogP contribution is 2.17. The van der Waals surface area contributed by atoms with Crippen LogP contribution in [0.3, 0.4) is 0 Å². The van der Waals surface area contributed by atoms with Crippen molar-refractivity contribution in [2.75, 3.05) is 46.6 Å². The summed E-state index contributed by atoms with van der Waals surface area (Å²) in [7, 11) is 1.68. The fourth-order valence-electron chi connectivity index (χ4n) is 2.92. The molecule has 3 N–H and O–H groups in total. The Labute approximate surface area is 155 Å². The van der Waals surface area contributed by atoms with E-state index in [1.54, 1.807) is 19.2 Å². The molecule has 1 fully saturated rings. The van der Waals surface area contributed by atoms with Crippen molar-refractivity contribution in [1.82, 2.24) is 10.2 Å². The number of rotatable bonds is 9. The van der Waals surface area contributed by atoms with Gasteiger partial charge in [-0.15, -0.1) is 0 Å². The maximum atomic E-state index is 11.1. The van der Waals surface area contributed by atoms with Crippen molar-refractivity contribution in [3.05, 3.63) is 35.4 Å². The number of methoxy groups -OCH3 is 1. The number of amides is 1. The number of nitrogens with two attached hydrogens (primary N) is 1. The number of nitrogens with one attached hydrogen (secondary N) is 1. The summed E-state index contributed by atoms with van der Waals surface area (Å²) < 4.78 is 10.7. The number of aliphatic imine (C=N–C) groups is 1. The maximum absolute atomic E-state index is 11.1. The maximum Gasteiger partial charge on any atom is 0.248 e. The molecule has 144 valence electrons. The van der Waals surface area contributed by atoms with Gasteiger partial charge < -0.3 is 25.4 Å². The first-order valence-electron chi connectivity index (χ1n) is 9.12. The van der Waals surface area contributed by atoms with Gasteiger partial charge in [0.2, 0.25) is 5.91 Å². The summed E-state index contributed by atoms with van der Waals surface area (Å²) in [5.41, 5.74) is 6.83. The van der Waals surface area contributed by atoms with Gasteiger partial charge in [0.25, 0.3) is 0 Å². The zero-order valence-electron chi connectivity index (χ0n) is 15.7. The molecule has 7 heteroatoms. The number of carbonyl (C=O) groups is 1. The first-order chi connectivity index (χ1) is 12.6. The summed E-state index contributed by atoms with van der Waals surface area (Å²) in [4.78, 5) is 18.2. The van der Waals surface area contributed by atoms with Gasteiger partial charge in [0.15, 0.2) is 5.96 Å². The molecule has 7 nitrogen and oxygen atoms in total. The fraction of sp³-hybridized carbons (Fsp3) is 0.579. The molecule has 0 radical (unpaired) electrons. The monoisotopic (exact) mass is 362 g/mol. The van der Waals surface area contributed by atoms with E-state index in [9.17, 15) is 4.79 Å². The van der Waals surface area contributed by atoms with E-state index in [-0.39, 0.29) is 0 Å². The molecule has 1 atom stereocenters. The number of hydrogen-bond acceptors (Lipinski definition) is 4. The van der Waals surface area contributed by atoms with E-state index in [1.165, 1.54) is 0 Å². The summed E-state index contributed by atoms with van der Waals surface area (Å²) in [6, 6.07) is 7.26. The number of carbonyl (C=O) groups excluding carboxylic acids is 1. The second-order valence-corrected chi connectivity index (χ2v) is 6.40. The van der Waals surface area contributed by atoms with Crippen LogP contribution in [0.25, 0.3) is 0 Å². The molecule has 0 aromatic heterocycles. The van der Waals surface area contributed by atoms with Crippen LogP contribution in [0.4, 0.5) is 0 Å². The van der Waals surface area contributed by atoms with Crippen molar-refractivity contribution in [2.24, 2.45) is 16.6 Å². The molecule has 1 aromatic rings. The Balaban J connectivity index is 1.89. The van der Waals surface area contributed by atoms with E-state index in [0.717, 1.165) is 44.2 Å². The van der Waals surface area contributed by atoms with Crippen molar-refractivity contribution >= 4 is 11.9 Å². The van der Waals surface area contributed by atoms with E-state index in [4.69, 9.17) is 20.2 Å². The predicted octanol–water partition coefficient (Wildman–Crippen LogP) is 1.24. The van der Waals surface area contributed by atoms with E-state index in [2.05, 4.69) is 17.1 Å². The Kier molecular flexibility index (Phi) is 8.37. The van der Waals surface area contributed by atoms with Crippen molar-refractivity contribution in [3.63, 3.8) is 0 Å². The summed E-state index contributed by atoms with van der Waals surface area (Å²) in [6.07, 6.45) is 1.10. The van der Waals surface area contributed by atoms with Crippen molar-refractivity contribution in [3.8, 4) is 0 Å². The number of ether oxygens (including phenoxy) is 2. The first kappa shape index (κ1) is 20.2. The van der Waals surface area contributed by atoms with Gasteiger partial charge in [-0.1, -0.05) is 12.1 Å². The van der Waals surface area contributed by atoms with Crippen molar-refractivity contribution in [2.45, 2.75) is 19.9 Å². The van der Waals surface area contributed by atoms with E-state index >= 15 is 0 Å². The van der Waals surface area contributed by atoms with Crippen LogP contribution in [0.5, 0.6) is 0 Å². The zero-order valence-corrected chi connectivity index (χ0v) is 15.7. The average molecular weight is 362 g/mol. The van der Waals surface area contributed by atoms with Gasteiger partial charge in [0.05, 0.1) is 26.4 Å². The van der Waals surface area contributed by atoms with Gasteiger partial charge in [0.1, 0.15) is 0 Å². The lowest BCUT2D eigenvalue weighted by Crippen LogP contribution is -2.40. The molecule has 1 amide bonds. The second-order valence-electron chi connectivity index (χ2n) is 6.40. The number of guanidine groups is 1. The van der Waals surface area contributed by atoms with Gasteiger partial charge >= 0.3 is 0 Å². The highest BCUT2D eigenvalue weighted by molar-refractivity contribution is 5.92. The zero-order chi connectivity index (χ0) is 18.8. The lowest BCUT2D eigenvalue weighted by Gasteiger charge is -2.21. The predicted molar refractivity (Wildman–Crippen MR) is 102 cm³/mol. The van der Waals surface area contributed by atoms with Crippen LogP contribution < -0.4 is 11.1 Å². The van der Waals surface area contributed by atoms with Crippen LogP contribution in [-0.4, -0.2) is 63.3 Å². The molecule has 1 aliphatic heterocycles. The van der Waals surface area contributed by atoms with Crippen LogP contribution >= 0.6 is 0 Å². The average Bonchev–Trinajstić information content (AvgIpc) is 3.11. The molecule has 1 unspecified atom stereocenters. The first-order valence-corrected chi connectivity index (χ1v) is 9.12. The second kappa shape index (κ2) is 10.8. The molecule has 26 heavy (non-hydrogen) atoms. The van der Waals surface area contributed by atoms with Gasteiger partial charge in [-0.05, 0) is 31.0 Å². The normalized spacial score (nSPS) is 17.5. The smallest absolute Gasteiger partial charge is 0.248 e. The third kappa shape index (κ3) is 6.31. The van der Waals surface area contributed by atoms with Gasteiger partial charge in [-0.3, -0.25) is 4.79 Å². The standard InChI is InChI=1S/C19H30N4O3/c1-3-21-19(22-12-15-4-6-17(7-5-15)18(20)24)23-9-8-16(13-23)14-26-11-10-25-2/h4-7,16H,3,8-14H2,1-2H3,(H2,20,24)(H,21,22). The summed E-state index contributed by atoms with van der Waals surface area (Å²) in [5, 5.41) is 3.36. The Bertz CT molecular complexity index is 589. The summed E-state index contributed by atoms with van der Waals surface area (Å²) >= 11 is 0. The van der Waals surface area contributed by atoms with Crippen molar-refractivity contribution < 1.29 is 14.3 Å². The fourth-order valence-corrected chi connectivity index (χ4v) is 2.92. The lowest BCUT2D eigenvalue weighted by atomic mass is 10.1. The molecule has 0 saturated carbocycles. The van der Waals surface area contributed by atoms with E-state index < -0.39 is 5.91 Å². The molecular formula is C19H30N4O3. The quantitative estimate of drug-likeness (QED) is 0.392. The van der Waals surface area contributed by atoms with Crippen LogP contribution in [-0.2, 0) is 16.0 Å². The van der Waals surface area contributed by atoms with Crippen molar-refractivity contribution in [1.29, 1.82) is 0 Å². The Morgan fingerprint density at radius 3 is 2.77 bits per heavy atom. The molecule has 0 bridgehead atoms. The molecule has 1 saturated heterocycles. The Morgan fingerprint density at radius 1 is 1.35 bits per heavy atom. The van der Waals surface area contributed by atoms with Gasteiger partial charge in [0, 0.05) is 38.2 Å². The van der Waals surface area contributed by atoms with Gasteiger partial charge in [-0.25, -0.2) is 4.99 Å². The third-order valence-corrected chi connectivity index (χ3v) is 4.36.